The highest BCUT2D eigenvalue weighted by molar-refractivity contribution is 9.10. The van der Waals surface area contributed by atoms with Gasteiger partial charge in [0.1, 0.15) is 0 Å². The van der Waals surface area contributed by atoms with Crippen molar-refractivity contribution < 1.29 is 0 Å². The van der Waals surface area contributed by atoms with Crippen LogP contribution in [0.3, 0.4) is 0 Å². The van der Waals surface area contributed by atoms with E-state index in [0.717, 1.165) is 16.7 Å². The van der Waals surface area contributed by atoms with Crippen molar-refractivity contribution in [2.75, 3.05) is 0 Å². The second kappa shape index (κ2) is 5.10. The summed E-state index contributed by atoms with van der Waals surface area (Å²) in [6.45, 7) is 5.21. The van der Waals surface area contributed by atoms with Crippen LogP contribution >= 0.6 is 27.3 Å². The van der Waals surface area contributed by atoms with Gasteiger partial charge in [0, 0.05) is 32.9 Å². The molecular weight excluding hydrogens is 320 g/mol. The largest absolute Gasteiger partial charge is 0.341 e. The fourth-order valence-electron chi connectivity index (χ4n) is 2.14. The molecule has 0 radical (unpaired) electrons. The highest BCUT2D eigenvalue weighted by atomic mass is 79.9. The van der Waals surface area contributed by atoms with E-state index >= 15 is 0 Å². The second-order valence-electron chi connectivity index (χ2n) is 4.98. The van der Waals surface area contributed by atoms with Gasteiger partial charge in [-0.05, 0) is 24.3 Å². The number of thiazole rings is 1. The van der Waals surface area contributed by atoms with Crippen LogP contribution < -0.4 is 0 Å². The van der Waals surface area contributed by atoms with E-state index in [9.17, 15) is 0 Å². The molecule has 3 rings (SSSR count). The number of nitrogens with zero attached hydrogens (tertiary/aromatic N) is 2. The molecule has 0 aliphatic carbocycles. The number of hydrogen-bond acceptors (Lipinski definition) is 2. The van der Waals surface area contributed by atoms with Crippen LogP contribution in [0.4, 0.5) is 0 Å². The molecule has 2 heterocycles. The summed E-state index contributed by atoms with van der Waals surface area (Å²) in [5.74, 6) is 0.510. The van der Waals surface area contributed by atoms with Crippen molar-refractivity contribution in [3.8, 4) is 0 Å². The summed E-state index contributed by atoms with van der Waals surface area (Å²) in [5.41, 5.74) is 2.40. The number of benzene rings is 1. The lowest BCUT2D eigenvalue weighted by molar-refractivity contribution is 0.787. The quantitative estimate of drug-likeness (QED) is 0.656. The van der Waals surface area contributed by atoms with Gasteiger partial charge >= 0.3 is 0 Å². The van der Waals surface area contributed by atoms with E-state index in [2.05, 4.69) is 70.2 Å². The fraction of sp³-hybridized carbons (Fsp3) is 0.267. The normalized spacial score (nSPS) is 11.6. The molecule has 98 valence electrons. The predicted molar refractivity (Wildman–Crippen MR) is 84.9 cm³/mol. The molecule has 0 N–H and O–H groups in total. The lowest BCUT2D eigenvalue weighted by atomic mass is 10.2. The van der Waals surface area contributed by atoms with E-state index in [-0.39, 0.29) is 0 Å². The molecule has 0 saturated carbocycles. The maximum Gasteiger partial charge on any atom is 0.0954 e. The zero-order valence-corrected chi connectivity index (χ0v) is 13.3. The van der Waals surface area contributed by atoms with Crippen molar-refractivity contribution in [1.29, 1.82) is 0 Å². The zero-order valence-electron chi connectivity index (χ0n) is 10.9. The third kappa shape index (κ3) is 2.60. The van der Waals surface area contributed by atoms with Crippen molar-refractivity contribution in [1.82, 2.24) is 9.55 Å². The molecule has 2 nitrogen and oxygen atoms in total. The first-order valence-corrected chi connectivity index (χ1v) is 7.99. The molecule has 0 atom stereocenters. The second-order valence-corrected chi connectivity index (χ2v) is 6.78. The van der Waals surface area contributed by atoms with Gasteiger partial charge in [-0.25, -0.2) is 4.98 Å². The minimum absolute atomic E-state index is 0.510. The molecule has 3 aromatic rings. The summed E-state index contributed by atoms with van der Waals surface area (Å²) in [6.07, 6.45) is 2.13. The Kier molecular flexibility index (Phi) is 3.46. The number of rotatable bonds is 3. The van der Waals surface area contributed by atoms with Gasteiger partial charge in [-0.3, -0.25) is 0 Å². The molecule has 0 bridgehead atoms. The Morgan fingerprint density at radius 2 is 2.16 bits per heavy atom. The summed E-state index contributed by atoms with van der Waals surface area (Å²) in [4.78, 5) is 4.70. The molecule has 0 aliphatic heterocycles. The van der Waals surface area contributed by atoms with Crippen molar-refractivity contribution in [2.45, 2.75) is 26.3 Å². The van der Waals surface area contributed by atoms with Gasteiger partial charge in [0.25, 0.3) is 0 Å². The van der Waals surface area contributed by atoms with E-state index < -0.39 is 0 Å². The predicted octanol–water partition coefficient (Wildman–Crippen LogP) is 5.03. The highest BCUT2D eigenvalue weighted by Crippen LogP contribution is 2.23. The summed E-state index contributed by atoms with van der Waals surface area (Å²) < 4.78 is 3.37. The molecule has 19 heavy (non-hydrogen) atoms. The minimum atomic E-state index is 0.510. The van der Waals surface area contributed by atoms with Crippen LogP contribution in [0.1, 0.15) is 30.5 Å². The first-order chi connectivity index (χ1) is 9.13. The maximum atomic E-state index is 4.70. The van der Waals surface area contributed by atoms with Crippen LogP contribution in [0, 0.1) is 0 Å². The van der Waals surface area contributed by atoms with Gasteiger partial charge in [-0.15, -0.1) is 11.3 Å². The first kappa shape index (κ1) is 12.9. The minimum Gasteiger partial charge on any atom is -0.341 e. The Bertz CT molecular complexity index is 712. The highest BCUT2D eigenvalue weighted by Gasteiger charge is 2.07. The smallest absolute Gasteiger partial charge is 0.0954 e. The number of aromatic nitrogens is 2. The summed E-state index contributed by atoms with van der Waals surface area (Å²) in [5, 5.41) is 4.64. The molecule has 0 amide bonds. The zero-order chi connectivity index (χ0) is 13.4. The van der Waals surface area contributed by atoms with Gasteiger partial charge in [0.15, 0.2) is 0 Å². The summed E-state index contributed by atoms with van der Waals surface area (Å²) in [6, 6.07) is 8.52. The standard InChI is InChI=1S/C15H15BrN2S/c1-10(2)15-17-13(9-19-15)8-18-6-5-11-7-12(16)3-4-14(11)18/h3-7,9-10H,8H2,1-2H3. The molecule has 0 fully saturated rings. The molecule has 0 saturated heterocycles. The van der Waals surface area contributed by atoms with Gasteiger partial charge in [-0.2, -0.15) is 0 Å². The van der Waals surface area contributed by atoms with Crippen molar-refractivity contribution in [2.24, 2.45) is 0 Å². The van der Waals surface area contributed by atoms with Gasteiger partial charge in [-0.1, -0.05) is 29.8 Å². The molecule has 4 heteroatoms. The lowest BCUT2D eigenvalue weighted by Crippen LogP contribution is -1.98. The van der Waals surface area contributed by atoms with E-state index in [1.54, 1.807) is 11.3 Å². The summed E-state index contributed by atoms with van der Waals surface area (Å²) in [7, 11) is 0. The molecule has 1 aromatic carbocycles. The average molecular weight is 335 g/mol. The molecule has 0 aliphatic rings. The Morgan fingerprint density at radius 3 is 2.89 bits per heavy atom. The van der Waals surface area contributed by atoms with E-state index in [4.69, 9.17) is 4.98 Å². The van der Waals surface area contributed by atoms with Gasteiger partial charge in [0.2, 0.25) is 0 Å². The number of hydrogen-bond donors (Lipinski definition) is 0. The SMILES string of the molecule is CC(C)c1nc(Cn2ccc3cc(Br)ccc32)cs1. The van der Waals surface area contributed by atoms with Crippen LogP contribution in [-0.4, -0.2) is 9.55 Å². The Balaban J connectivity index is 1.92. The first-order valence-electron chi connectivity index (χ1n) is 6.32. The van der Waals surface area contributed by atoms with Crippen LogP contribution in [-0.2, 0) is 6.54 Å². The molecule has 0 spiro atoms. The van der Waals surface area contributed by atoms with Gasteiger partial charge < -0.3 is 4.57 Å². The van der Waals surface area contributed by atoms with Crippen molar-refractivity contribution in [3.05, 3.63) is 51.0 Å². The average Bonchev–Trinajstić information content (AvgIpc) is 2.97. The number of fused-ring (bicyclic) bond motifs is 1. The van der Waals surface area contributed by atoms with E-state index in [1.807, 2.05) is 0 Å². The number of halogens is 1. The van der Waals surface area contributed by atoms with Crippen molar-refractivity contribution in [3.63, 3.8) is 0 Å². The van der Waals surface area contributed by atoms with E-state index in [0.29, 0.717) is 5.92 Å². The van der Waals surface area contributed by atoms with Gasteiger partial charge in [0.05, 0.1) is 17.2 Å². The van der Waals surface area contributed by atoms with Crippen molar-refractivity contribution >= 4 is 38.2 Å². The lowest BCUT2D eigenvalue weighted by Gasteiger charge is -2.03. The Morgan fingerprint density at radius 1 is 1.32 bits per heavy atom. The maximum absolute atomic E-state index is 4.70. The van der Waals surface area contributed by atoms with Crippen LogP contribution in [0.2, 0.25) is 0 Å². The third-order valence-electron chi connectivity index (χ3n) is 3.13. The topological polar surface area (TPSA) is 17.8 Å². The third-order valence-corrected chi connectivity index (χ3v) is 4.82. The van der Waals surface area contributed by atoms with Crippen LogP contribution in [0.5, 0.6) is 0 Å². The Labute approximate surface area is 125 Å². The molecular formula is C15H15BrN2S. The summed E-state index contributed by atoms with van der Waals surface area (Å²) >= 11 is 5.26. The molecule has 0 unspecified atom stereocenters. The van der Waals surface area contributed by atoms with Crippen LogP contribution in [0.15, 0.2) is 40.3 Å². The Hall–Kier alpha value is -1.13. The molecule has 2 aromatic heterocycles. The monoisotopic (exact) mass is 334 g/mol. The van der Waals surface area contributed by atoms with Crippen LogP contribution in [0.25, 0.3) is 10.9 Å². The van der Waals surface area contributed by atoms with E-state index in [1.165, 1.54) is 15.9 Å². The fourth-order valence-corrected chi connectivity index (χ4v) is 3.35.